The summed E-state index contributed by atoms with van der Waals surface area (Å²) in [7, 11) is 4.16. The summed E-state index contributed by atoms with van der Waals surface area (Å²) in [5, 5.41) is 10.2. The molecule has 1 aliphatic carbocycles. The first-order valence-electron chi connectivity index (χ1n) is 12.6. The van der Waals surface area contributed by atoms with Gasteiger partial charge in [0.25, 0.3) is 5.91 Å². The second-order valence-electron chi connectivity index (χ2n) is 9.74. The minimum Gasteiger partial charge on any atom is -0.380 e. The van der Waals surface area contributed by atoms with Gasteiger partial charge in [0, 0.05) is 53.1 Å². The van der Waals surface area contributed by atoms with Crippen molar-refractivity contribution in [3.05, 3.63) is 95.1 Å². The predicted octanol–water partition coefficient (Wildman–Crippen LogP) is 5.17. The van der Waals surface area contributed by atoms with Gasteiger partial charge in [0.1, 0.15) is 0 Å². The number of anilines is 2. The molecule has 5 rings (SSSR count). The lowest BCUT2D eigenvalue weighted by Crippen LogP contribution is -2.38. The molecule has 1 heterocycles. The molecule has 0 radical (unpaired) electrons. The van der Waals surface area contributed by atoms with E-state index < -0.39 is 0 Å². The lowest BCUT2D eigenvalue weighted by Gasteiger charge is -2.25. The Morgan fingerprint density at radius 2 is 1.81 bits per heavy atom. The topological polar surface area (TPSA) is 56.4 Å². The van der Waals surface area contributed by atoms with E-state index in [0.29, 0.717) is 12.6 Å². The number of carbonyl (C=O) groups excluding carboxylic acids is 1. The maximum atomic E-state index is 12.1. The SMILES string of the molecule is CN(C)Cc1ccc(N/C(=C2\CNc3cc(C#CC(=O)NC4CCC4)ccc32)c2ccccc2)cc1. The Labute approximate surface area is 213 Å². The lowest BCUT2D eigenvalue weighted by atomic mass is 9.93. The molecule has 0 aromatic heterocycles. The molecule has 1 amide bonds. The van der Waals surface area contributed by atoms with Gasteiger partial charge in [-0.1, -0.05) is 54.5 Å². The third-order valence-electron chi connectivity index (χ3n) is 6.65. The fourth-order valence-electron chi connectivity index (χ4n) is 4.57. The highest BCUT2D eigenvalue weighted by molar-refractivity contribution is 6.02. The van der Waals surface area contributed by atoms with Crippen LogP contribution in [0.25, 0.3) is 11.3 Å². The van der Waals surface area contributed by atoms with Crippen LogP contribution in [0.4, 0.5) is 11.4 Å². The van der Waals surface area contributed by atoms with Crippen molar-refractivity contribution >= 4 is 28.6 Å². The van der Waals surface area contributed by atoms with Gasteiger partial charge in [0.2, 0.25) is 0 Å². The number of benzene rings is 3. The Kier molecular flexibility index (Phi) is 7.06. The minimum absolute atomic E-state index is 0.194. The molecule has 36 heavy (non-hydrogen) atoms. The van der Waals surface area contributed by atoms with Crippen LogP contribution < -0.4 is 16.0 Å². The van der Waals surface area contributed by atoms with Crippen molar-refractivity contribution in [3.8, 4) is 11.8 Å². The molecule has 1 fully saturated rings. The van der Waals surface area contributed by atoms with Crippen LogP contribution >= 0.6 is 0 Å². The molecule has 1 saturated carbocycles. The first-order chi connectivity index (χ1) is 17.5. The standard InChI is InChI=1S/C31H32N4O/c1-35(2)21-23-11-15-26(16-12-23)34-31(24-7-4-3-5-8-24)28-20-32-29-19-22(13-17-27(28)29)14-18-30(36)33-25-9-6-10-25/h3-5,7-8,11-13,15-17,19,25,32,34H,6,9-10,20-21H2,1-2H3,(H,33,36)/b31-28+. The van der Waals surface area contributed by atoms with Gasteiger partial charge in [-0.15, -0.1) is 0 Å². The van der Waals surface area contributed by atoms with E-state index in [1.807, 2.05) is 18.2 Å². The van der Waals surface area contributed by atoms with Crippen LogP contribution in [0.3, 0.4) is 0 Å². The fraction of sp³-hybridized carbons (Fsp3) is 0.258. The van der Waals surface area contributed by atoms with Crippen LogP contribution in [0.5, 0.6) is 0 Å². The molecule has 3 N–H and O–H groups in total. The van der Waals surface area contributed by atoms with Gasteiger partial charge in [-0.3, -0.25) is 4.79 Å². The third-order valence-corrected chi connectivity index (χ3v) is 6.65. The molecule has 182 valence electrons. The van der Waals surface area contributed by atoms with E-state index in [2.05, 4.69) is 101 Å². The van der Waals surface area contributed by atoms with E-state index in [-0.39, 0.29) is 5.91 Å². The molecule has 2 aliphatic rings. The van der Waals surface area contributed by atoms with Crippen molar-refractivity contribution in [2.45, 2.75) is 31.8 Å². The summed E-state index contributed by atoms with van der Waals surface area (Å²) in [5.41, 5.74) is 8.77. The average Bonchev–Trinajstić information content (AvgIpc) is 3.28. The highest BCUT2D eigenvalue weighted by Crippen LogP contribution is 2.37. The average molecular weight is 477 g/mol. The molecule has 5 heteroatoms. The Morgan fingerprint density at radius 1 is 1.03 bits per heavy atom. The van der Waals surface area contributed by atoms with Crippen LogP contribution in [0.1, 0.15) is 41.5 Å². The minimum atomic E-state index is -0.194. The van der Waals surface area contributed by atoms with E-state index in [1.54, 1.807) is 0 Å². The quantitative estimate of drug-likeness (QED) is 0.430. The number of nitrogens with one attached hydrogen (secondary N) is 3. The van der Waals surface area contributed by atoms with Gasteiger partial charge in [-0.2, -0.15) is 0 Å². The zero-order valence-electron chi connectivity index (χ0n) is 20.9. The normalized spacial score (nSPS) is 15.8. The zero-order chi connectivity index (χ0) is 24.9. The molecular formula is C31H32N4O. The molecule has 5 nitrogen and oxygen atoms in total. The first kappa shape index (κ1) is 23.7. The summed E-state index contributed by atoms with van der Waals surface area (Å²) < 4.78 is 0. The first-order valence-corrected chi connectivity index (χ1v) is 12.6. The van der Waals surface area contributed by atoms with E-state index in [1.165, 1.54) is 17.6 Å². The highest BCUT2D eigenvalue weighted by Gasteiger charge is 2.21. The number of fused-ring (bicyclic) bond motifs is 1. The monoisotopic (exact) mass is 476 g/mol. The van der Waals surface area contributed by atoms with Crippen LogP contribution in [-0.4, -0.2) is 37.5 Å². The fourth-order valence-corrected chi connectivity index (χ4v) is 4.57. The summed E-state index contributed by atoms with van der Waals surface area (Å²) in [6.45, 7) is 1.63. The van der Waals surface area contributed by atoms with Crippen LogP contribution in [0.15, 0.2) is 72.8 Å². The van der Waals surface area contributed by atoms with Gasteiger partial charge in [0.05, 0.1) is 5.70 Å². The van der Waals surface area contributed by atoms with Crippen LogP contribution in [0.2, 0.25) is 0 Å². The van der Waals surface area contributed by atoms with Crippen molar-refractivity contribution in [1.29, 1.82) is 0 Å². The number of hydrogen-bond donors (Lipinski definition) is 3. The Bertz CT molecular complexity index is 1330. The molecule has 3 aromatic carbocycles. The maximum Gasteiger partial charge on any atom is 0.296 e. The van der Waals surface area contributed by atoms with Crippen LogP contribution in [0, 0.1) is 11.8 Å². The van der Waals surface area contributed by atoms with E-state index in [9.17, 15) is 4.79 Å². The summed E-state index contributed by atoms with van der Waals surface area (Å²) >= 11 is 0. The number of amides is 1. The van der Waals surface area contributed by atoms with Gasteiger partial charge in [-0.25, -0.2) is 0 Å². The molecule has 1 aliphatic heterocycles. The van der Waals surface area contributed by atoms with Crippen molar-refractivity contribution in [2.24, 2.45) is 0 Å². The smallest absolute Gasteiger partial charge is 0.296 e. The van der Waals surface area contributed by atoms with Gasteiger partial charge >= 0.3 is 0 Å². The second-order valence-corrected chi connectivity index (χ2v) is 9.74. The molecule has 0 spiro atoms. The predicted molar refractivity (Wildman–Crippen MR) is 148 cm³/mol. The Morgan fingerprint density at radius 3 is 2.50 bits per heavy atom. The Balaban J connectivity index is 1.42. The number of nitrogens with zero attached hydrogens (tertiary/aromatic N) is 1. The summed E-state index contributed by atoms with van der Waals surface area (Å²) in [4.78, 5) is 14.2. The summed E-state index contributed by atoms with van der Waals surface area (Å²) in [6, 6.07) is 25.5. The largest absolute Gasteiger partial charge is 0.380 e. The molecule has 0 atom stereocenters. The maximum absolute atomic E-state index is 12.1. The molecule has 0 unspecified atom stereocenters. The number of hydrogen-bond acceptors (Lipinski definition) is 4. The summed E-state index contributed by atoms with van der Waals surface area (Å²) in [6.07, 6.45) is 3.30. The zero-order valence-corrected chi connectivity index (χ0v) is 20.9. The number of carbonyl (C=O) groups is 1. The third kappa shape index (κ3) is 5.62. The van der Waals surface area contributed by atoms with Crippen LogP contribution in [-0.2, 0) is 11.3 Å². The highest BCUT2D eigenvalue weighted by atomic mass is 16.1. The Hall–Kier alpha value is -4.01. The van der Waals surface area contributed by atoms with E-state index >= 15 is 0 Å². The molecule has 0 bridgehead atoms. The number of rotatable bonds is 6. The van der Waals surface area contributed by atoms with E-state index in [4.69, 9.17) is 0 Å². The van der Waals surface area contributed by atoms with Gasteiger partial charge < -0.3 is 20.9 Å². The second kappa shape index (κ2) is 10.7. The van der Waals surface area contributed by atoms with Crippen molar-refractivity contribution in [2.75, 3.05) is 31.3 Å². The van der Waals surface area contributed by atoms with Gasteiger partial charge in [-0.05, 0) is 68.8 Å². The molecule has 3 aromatic rings. The van der Waals surface area contributed by atoms with Crippen molar-refractivity contribution in [3.63, 3.8) is 0 Å². The molecule has 0 saturated heterocycles. The summed E-state index contributed by atoms with van der Waals surface area (Å²) in [5.74, 6) is 5.57. The lowest BCUT2D eigenvalue weighted by molar-refractivity contribution is -0.116. The molecular weight excluding hydrogens is 444 g/mol. The van der Waals surface area contributed by atoms with Crippen molar-refractivity contribution in [1.82, 2.24) is 10.2 Å². The van der Waals surface area contributed by atoms with E-state index in [0.717, 1.165) is 53.1 Å². The van der Waals surface area contributed by atoms with Gasteiger partial charge in [0.15, 0.2) is 0 Å². The van der Waals surface area contributed by atoms with Crippen molar-refractivity contribution < 1.29 is 4.79 Å².